The molecule has 48 valence electrons. The number of halogens is 1. The lowest BCUT2D eigenvalue weighted by molar-refractivity contribution is -0.141. The summed E-state index contributed by atoms with van der Waals surface area (Å²) in [4.78, 5) is 0. The molecule has 1 aliphatic heterocycles. The molecule has 8 heavy (non-hydrogen) atoms. The molecule has 2 atom stereocenters. The highest BCUT2D eigenvalue weighted by atomic mass is 19.1. The second kappa shape index (κ2) is 2.42. The van der Waals surface area contributed by atoms with Crippen LogP contribution in [0.1, 0.15) is 12.8 Å². The fraction of sp³-hybridized carbons (Fsp3) is 1.00. The number of aliphatic hydroxyl groups is 1. The van der Waals surface area contributed by atoms with Crippen LogP contribution >= 0.6 is 0 Å². The minimum Gasteiger partial charge on any atom is -0.368 e. The summed E-state index contributed by atoms with van der Waals surface area (Å²) >= 11 is 0. The second-order valence-electron chi connectivity index (χ2n) is 1.95. The Morgan fingerprint density at radius 3 is 2.75 bits per heavy atom. The number of rotatable bonds is 0. The summed E-state index contributed by atoms with van der Waals surface area (Å²) in [5.74, 6) is 0. The van der Waals surface area contributed by atoms with E-state index in [0.29, 0.717) is 13.0 Å². The fourth-order valence-corrected chi connectivity index (χ4v) is 0.737. The molecule has 1 aliphatic rings. The summed E-state index contributed by atoms with van der Waals surface area (Å²) in [6.07, 6.45) is -1.16. The lowest BCUT2D eigenvalue weighted by Gasteiger charge is -2.19. The fourth-order valence-electron chi connectivity index (χ4n) is 0.737. The molecule has 1 heterocycles. The van der Waals surface area contributed by atoms with Gasteiger partial charge in [0.1, 0.15) is 6.17 Å². The Balaban J connectivity index is 2.23. The van der Waals surface area contributed by atoms with E-state index in [0.717, 1.165) is 0 Å². The lowest BCUT2D eigenvalue weighted by Crippen LogP contribution is -2.25. The largest absolute Gasteiger partial charge is 0.368 e. The van der Waals surface area contributed by atoms with Crippen LogP contribution in [0.4, 0.5) is 4.39 Å². The predicted octanol–water partition coefficient (Wildman–Crippen LogP) is 0.453. The summed E-state index contributed by atoms with van der Waals surface area (Å²) < 4.78 is 16.9. The topological polar surface area (TPSA) is 29.5 Å². The molecule has 0 bridgehead atoms. The van der Waals surface area contributed by atoms with Crippen LogP contribution in [-0.4, -0.2) is 24.2 Å². The van der Waals surface area contributed by atoms with Crippen LogP contribution in [0, 0.1) is 0 Å². The Morgan fingerprint density at radius 1 is 1.62 bits per heavy atom. The Bertz CT molecular complexity index is 68.8. The van der Waals surface area contributed by atoms with Crippen LogP contribution in [0.25, 0.3) is 0 Å². The van der Waals surface area contributed by atoms with Crippen molar-refractivity contribution < 1.29 is 14.2 Å². The number of hydrogen-bond acceptors (Lipinski definition) is 2. The van der Waals surface area contributed by atoms with E-state index in [4.69, 9.17) is 5.11 Å². The van der Waals surface area contributed by atoms with Gasteiger partial charge in [-0.1, -0.05) is 0 Å². The first-order chi connectivity index (χ1) is 3.79. The third-order valence-corrected chi connectivity index (χ3v) is 1.20. The Kier molecular flexibility index (Phi) is 1.81. The molecular formula is C5H9FO2. The highest BCUT2D eigenvalue weighted by Gasteiger charge is 2.18. The lowest BCUT2D eigenvalue weighted by atomic mass is 10.2. The van der Waals surface area contributed by atoms with Gasteiger partial charge in [-0.2, -0.15) is 0 Å². The average Bonchev–Trinajstić information content (AvgIpc) is 1.64. The average molecular weight is 120 g/mol. The van der Waals surface area contributed by atoms with Crippen molar-refractivity contribution in [2.75, 3.05) is 6.61 Å². The zero-order valence-corrected chi connectivity index (χ0v) is 4.51. The van der Waals surface area contributed by atoms with Crippen molar-refractivity contribution in [3.63, 3.8) is 0 Å². The molecule has 1 fully saturated rings. The van der Waals surface area contributed by atoms with Gasteiger partial charge in [-0.05, 0) is 0 Å². The predicted molar refractivity (Wildman–Crippen MR) is 26.1 cm³/mol. The molecule has 0 unspecified atom stereocenters. The van der Waals surface area contributed by atoms with Crippen molar-refractivity contribution in [3.05, 3.63) is 0 Å². The second-order valence-corrected chi connectivity index (χ2v) is 1.95. The minimum absolute atomic E-state index is 0.139. The standard InChI is InChI=1S/C5H9FO2/c6-4-1-2-8-5(7)3-4/h4-5,7H,1-3H2/t4-,5-/m1/s1. The van der Waals surface area contributed by atoms with Crippen LogP contribution < -0.4 is 0 Å². The van der Waals surface area contributed by atoms with Crippen molar-refractivity contribution in [3.8, 4) is 0 Å². The molecule has 0 aliphatic carbocycles. The monoisotopic (exact) mass is 120 g/mol. The number of ether oxygens (including phenoxy) is 1. The van der Waals surface area contributed by atoms with Gasteiger partial charge in [0.25, 0.3) is 0 Å². The molecule has 3 heteroatoms. The molecule has 1 saturated heterocycles. The van der Waals surface area contributed by atoms with E-state index in [1.54, 1.807) is 0 Å². The van der Waals surface area contributed by atoms with Gasteiger partial charge in [0, 0.05) is 12.8 Å². The molecular weight excluding hydrogens is 111 g/mol. The van der Waals surface area contributed by atoms with E-state index < -0.39 is 12.5 Å². The Morgan fingerprint density at radius 2 is 2.38 bits per heavy atom. The number of alkyl halides is 1. The summed E-state index contributed by atoms with van der Waals surface area (Å²) in [5, 5.41) is 8.62. The van der Waals surface area contributed by atoms with Gasteiger partial charge in [-0.3, -0.25) is 0 Å². The van der Waals surface area contributed by atoms with Crippen molar-refractivity contribution in [1.82, 2.24) is 0 Å². The maximum absolute atomic E-state index is 12.2. The highest BCUT2D eigenvalue weighted by Crippen LogP contribution is 2.13. The van der Waals surface area contributed by atoms with E-state index >= 15 is 0 Å². The van der Waals surface area contributed by atoms with Gasteiger partial charge in [0.15, 0.2) is 6.29 Å². The Labute approximate surface area is 47.3 Å². The molecule has 0 amide bonds. The van der Waals surface area contributed by atoms with E-state index in [9.17, 15) is 4.39 Å². The minimum atomic E-state index is -0.862. The molecule has 0 aromatic carbocycles. The van der Waals surface area contributed by atoms with E-state index in [1.165, 1.54) is 0 Å². The smallest absolute Gasteiger partial charge is 0.157 e. The quantitative estimate of drug-likeness (QED) is 0.503. The number of hydrogen-bond donors (Lipinski definition) is 1. The molecule has 0 saturated carbocycles. The van der Waals surface area contributed by atoms with E-state index in [-0.39, 0.29) is 6.42 Å². The molecule has 0 aromatic rings. The van der Waals surface area contributed by atoms with Gasteiger partial charge in [-0.25, -0.2) is 4.39 Å². The van der Waals surface area contributed by atoms with Crippen molar-refractivity contribution in [1.29, 1.82) is 0 Å². The first-order valence-electron chi connectivity index (χ1n) is 2.73. The van der Waals surface area contributed by atoms with E-state index in [1.807, 2.05) is 0 Å². The first-order valence-corrected chi connectivity index (χ1v) is 2.73. The van der Waals surface area contributed by atoms with Gasteiger partial charge in [0.2, 0.25) is 0 Å². The molecule has 1 N–H and O–H groups in total. The third kappa shape index (κ3) is 1.42. The van der Waals surface area contributed by atoms with Gasteiger partial charge < -0.3 is 9.84 Å². The van der Waals surface area contributed by atoms with E-state index in [2.05, 4.69) is 4.74 Å². The summed E-state index contributed by atoms with van der Waals surface area (Å²) in [7, 11) is 0. The van der Waals surface area contributed by atoms with Crippen LogP contribution in [0.3, 0.4) is 0 Å². The van der Waals surface area contributed by atoms with Gasteiger partial charge in [0.05, 0.1) is 6.61 Å². The SMILES string of the molecule is O[C@H]1C[C@H](F)CCO1. The maximum atomic E-state index is 12.2. The van der Waals surface area contributed by atoms with Crippen LogP contribution in [0.2, 0.25) is 0 Å². The van der Waals surface area contributed by atoms with Crippen molar-refractivity contribution in [2.45, 2.75) is 25.3 Å². The normalized spacial score (nSPS) is 39.8. The van der Waals surface area contributed by atoms with Crippen molar-refractivity contribution in [2.24, 2.45) is 0 Å². The molecule has 0 radical (unpaired) electrons. The van der Waals surface area contributed by atoms with Crippen LogP contribution in [0.5, 0.6) is 0 Å². The molecule has 0 aromatic heterocycles. The van der Waals surface area contributed by atoms with Crippen molar-refractivity contribution >= 4 is 0 Å². The summed E-state index contributed by atoms with van der Waals surface area (Å²) in [5.41, 5.74) is 0. The molecule has 0 spiro atoms. The zero-order chi connectivity index (χ0) is 5.98. The highest BCUT2D eigenvalue weighted by molar-refractivity contribution is 4.62. The summed E-state index contributed by atoms with van der Waals surface area (Å²) in [6.45, 7) is 0.350. The zero-order valence-electron chi connectivity index (χ0n) is 4.51. The Hall–Kier alpha value is -0.150. The van der Waals surface area contributed by atoms with Crippen LogP contribution in [-0.2, 0) is 4.74 Å². The maximum Gasteiger partial charge on any atom is 0.157 e. The van der Waals surface area contributed by atoms with Gasteiger partial charge in [-0.15, -0.1) is 0 Å². The molecule has 1 rings (SSSR count). The van der Waals surface area contributed by atoms with Crippen LogP contribution in [0.15, 0.2) is 0 Å². The van der Waals surface area contributed by atoms with Gasteiger partial charge >= 0.3 is 0 Å². The third-order valence-electron chi connectivity index (χ3n) is 1.20. The number of aliphatic hydroxyl groups excluding tert-OH is 1. The molecule has 2 nitrogen and oxygen atoms in total. The first kappa shape index (κ1) is 5.98. The summed E-state index contributed by atoms with van der Waals surface area (Å²) in [6, 6.07) is 0.